The zero-order valence-electron chi connectivity index (χ0n) is 26.2. The van der Waals surface area contributed by atoms with Gasteiger partial charge in [0, 0.05) is 11.1 Å². The first-order valence-corrected chi connectivity index (χ1v) is 17.0. The van der Waals surface area contributed by atoms with Crippen LogP contribution >= 0.6 is 0 Å². The van der Waals surface area contributed by atoms with Gasteiger partial charge in [0.2, 0.25) is 0 Å². The lowest BCUT2D eigenvalue weighted by atomic mass is 9.70. The normalized spacial score (nSPS) is 20.7. The van der Waals surface area contributed by atoms with Gasteiger partial charge in [0.05, 0.1) is 0 Å². The number of rotatable bonds is 12. The van der Waals surface area contributed by atoms with Crippen molar-refractivity contribution in [3.63, 3.8) is 0 Å². The minimum atomic E-state index is -0.821. The molecule has 1 fully saturated rings. The molecule has 3 heteroatoms. The van der Waals surface area contributed by atoms with Crippen LogP contribution in [0, 0.1) is 35.2 Å². The number of unbranched alkanes of at least 4 members (excludes halogenated alkanes) is 4. The van der Waals surface area contributed by atoms with Crippen molar-refractivity contribution in [3.05, 3.63) is 89.3 Å². The molecule has 0 aliphatic heterocycles. The van der Waals surface area contributed by atoms with Crippen molar-refractivity contribution in [2.45, 2.75) is 110 Å². The van der Waals surface area contributed by atoms with E-state index in [0.717, 1.165) is 48.1 Å². The van der Waals surface area contributed by atoms with Crippen molar-refractivity contribution < 1.29 is 13.2 Å². The zero-order chi connectivity index (χ0) is 30.2. The zero-order valence-corrected chi connectivity index (χ0v) is 26.2. The number of allylic oxidation sites excluding steroid dienone is 2. The molecule has 5 rings (SSSR count). The molecule has 43 heavy (non-hydrogen) atoms. The Morgan fingerprint density at radius 3 is 1.95 bits per heavy atom. The minimum absolute atomic E-state index is 0.230. The second-order valence-electron chi connectivity index (χ2n) is 13.2. The van der Waals surface area contributed by atoms with Gasteiger partial charge < -0.3 is 0 Å². The molecule has 0 nitrogen and oxygen atoms in total. The fourth-order valence-electron chi connectivity index (χ4n) is 7.58. The van der Waals surface area contributed by atoms with Gasteiger partial charge in [-0.3, -0.25) is 0 Å². The van der Waals surface area contributed by atoms with Crippen LogP contribution in [0.4, 0.5) is 13.2 Å². The largest absolute Gasteiger partial charge is 0.206 e. The number of halogens is 3. The van der Waals surface area contributed by atoms with Gasteiger partial charge in [0.25, 0.3) is 0 Å². The van der Waals surface area contributed by atoms with Crippen molar-refractivity contribution in [2.75, 3.05) is 0 Å². The highest BCUT2D eigenvalue weighted by Crippen LogP contribution is 2.42. The highest BCUT2D eigenvalue weighted by molar-refractivity contribution is 5.74. The summed E-state index contributed by atoms with van der Waals surface area (Å²) in [4.78, 5) is 0. The van der Waals surface area contributed by atoms with Gasteiger partial charge in [-0.2, -0.15) is 0 Å². The summed E-state index contributed by atoms with van der Waals surface area (Å²) < 4.78 is 44.6. The third-order valence-electron chi connectivity index (χ3n) is 10.3. The summed E-state index contributed by atoms with van der Waals surface area (Å²) in [5, 5.41) is 0. The minimum Gasteiger partial charge on any atom is -0.206 e. The van der Waals surface area contributed by atoms with E-state index in [0.29, 0.717) is 23.1 Å². The van der Waals surface area contributed by atoms with E-state index in [9.17, 15) is 8.78 Å². The summed E-state index contributed by atoms with van der Waals surface area (Å²) in [5.74, 6) is 0.741. The van der Waals surface area contributed by atoms with Crippen LogP contribution in [-0.2, 0) is 6.42 Å². The molecular formula is C40H49F3. The molecule has 1 atom stereocenters. The molecule has 2 aliphatic rings. The number of hydrogen-bond donors (Lipinski definition) is 0. The summed E-state index contributed by atoms with van der Waals surface area (Å²) in [6.45, 7) is 4.23. The van der Waals surface area contributed by atoms with Gasteiger partial charge in [0.1, 0.15) is 5.82 Å². The maximum absolute atomic E-state index is 15.4. The monoisotopic (exact) mass is 586 g/mol. The molecule has 3 aromatic carbocycles. The van der Waals surface area contributed by atoms with Crippen molar-refractivity contribution >= 4 is 5.57 Å². The molecule has 0 N–H and O–H groups in total. The average Bonchev–Trinajstić information content (AvgIpc) is 3.04. The first kappa shape index (κ1) is 31.6. The van der Waals surface area contributed by atoms with Crippen LogP contribution in [0.1, 0.15) is 115 Å². The first-order valence-electron chi connectivity index (χ1n) is 17.0. The SMILES string of the molecule is CCCCCCCC1CCC(C2CC=C(c3ccc(-c4ccc(-c5ccc(CCC)c(F)c5F)cc4)c(F)c3)CC2)CC1. The second-order valence-corrected chi connectivity index (χ2v) is 13.2. The lowest BCUT2D eigenvalue weighted by molar-refractivity contribution is 0.187. The molecule has 1 unspecified atom stereocenters. The molecule has 0 spiro atoms. The van der Waals surface area contributed by atoms with E-state index in [1.54, 1.807) is 42.5 Å². The standard InChI is InChI=1S/C40H49F3/c1-3-5-6-7-8-10-28-11-13-29(14-12-28)30-15-17-31(18-16-30)35-24-25-36(38(41)27-35)32-19-21-33(22-20-32)37-26-23-34(9-4-2)39(42)40(37)43/h17,19-30H,3-16,18H2,1-2H3. The Labute approximate surface area is 257 Å². The first-order chi connectivity index (χ1) is 21.0. The molecule has 2 aliphatic carbocycles. The molecule has 0 amide bonds. The fourth-order valence-corrected chi connectivity index (χ4v) is 7.58. The molecule has 0 heterocycles. The Kier molecular flexibility index (Phi) is 11.2. The Hall–Kier alpha value is -2.81. The van der Waals surface area contributed by atoms with Crippen LogP contribution in [0.25, 0.3) is 27.8 Å². The molecule has 1 saturated carbocycles. The van der Waals surface area contributed by atoms with Gasteiger partial charge >= 0.3 is 0 Å². The van der Waals surface area contributed by atoms with Crippen molar-refractivity contribution in [2.24, 2.45) is 17.8 Å². The fraction of sp³-hybridized carbons (Fsp3) is 0.500. The van der Waals surface area contributed by atoms with E-state index in [4.69, 9.17) is 0 Å². The van der Waals surface area contributed by atoms with Crippen LogP contribution in [-0.4, -0.2) is 0 Å². The van der Waals surface area contributed by atoms with E-state index in [-0.39, 0.29) is 11.4 Å². The van der Waals surface area contributed by atoms with Crippen LogP contribution in [0.3, 0.4) is 0 Å². The Morgan fingerprint density at radius 1 is 0.628 bits per heavy atom. The Balaban J connectivity index is 1.16. The summed E-state index contributed by atoms with van der Waals surface area (Å²) in [5.41, 5.74) is 4.71. The molecule has 0 radical (unpaired) electrons. The van der Waals surface area contributed by atoms with Crippen molar-refractivity contribution in [1.82, 2.24) is 0 Å². The summed E-state index contributed by atoms with van der Waals surface area (Å²) in [7, 11) is 0. The van der Waals surface area contributed by atoms with Gasteiger partial charge in [-0.25, -0.2) is 13.2 Å². The smallest absolute Gasteiger partial charge is 0.166 e. The number of hydrogen-bond acceptors (Lipinski definition) is 0. The maximum Gasteiger partial charge on any atom is 0.166 e. The number of aryl methyl sites for hydroxylation is 1. The quantitative estimate of drug-likeness (QED) is 0.185. The predicted octanol–water partition coefficient (Wildman–Crippen LogP) is 12.7. The highest BCUT2D eigenvalue weighted by Gasteiger charge is 2.29. The average molecular weight is 587 g/mol. The van der Waals surface area contributed by atoms with Gasteiger partial charge in [-0.15, -0.1) is 0 Å². The van der Waals surface area contributed by atoms with E-state index < -0.39 is 11.6 Å². The second kappa shape index (κ2) is 15.3. The van der Waals surface area contributed by atoms with E-state index in [2.05, 4.69) is 13.0 Å². The lowest BCUT2D eigenvalue weighted by Gasteiger charge is -2.35. The molecule has 0 aromatic heterocycles. The maximum atomic E-state index is 15.4. The molecule has 3 aromatic rings. The summed E-state index contributed by atoms with van der Waals surface area (Å²) in [6, 6.07) is 15.9. The predicted molar refractivity (Wildman–Crippen MR) is 175 cm³/mol. The van der Waals surface area contributed by atoms with E-state index >= 15 is 4.39 Å². The molecular weight excluding hydrogens is 537 g/mol. The van der Waals surface area contributed by atoms with Crippen molar-refractivity contribution in [3.8, 4) is 22.3 Å². The third kappa shape index (κ3) is 7.83. The van der Waals surface area contributed by atoms with E-state index in [1.165, 1.54) is 76.2 Å². The third-order valence-corrected chi connectivity index (χ3v) is 10.3. The molecule has 230 valence electrons. The van der Waals surface area contributed by atoms with Gasteiger partial charge in [-0.1, -0.05) is 126 Å². The van der Waals surface area contributed by atoms with Crippen LogP contribution in [0.5, 0.6) is 0 Å². The van der Waals surface area contributed by atoms with Crippen LogP contribution in [0.15, 0.2) is 60.7 Å². The highest BCUT2D eigenvalue weighted by atomic mass is 19.2. The van der Waals surface area contributed by atoms with Crippen molar-refractivity contribution in [1.29, 1.82) is 0 Å². The molecule has 0 bridgehead atoms. The van der Waals surface area contributed by atoms with Crippen LogP contribution in [0.2, 0.25) is 0 Å². The Bertz CT molecular complexity index is 1360. The van der Waals surface area contributed by atoms with E-state index in [1.807, 2.05) is 19.1 Å². The van der Waals surface area contributed by atoms with Crippen LogP contribution < -0.4 is 0 Å². The van der Waals surface area contributed by atoms with Gasteiger partial charge in [-0.05, 0) is 90.2 Å². The number of benzene rings is 3. The lowest BCUT2D eigenvalue weighted by Crippen LogP contribution is -2.23. The summed E-state index contributed by atoms with van der Waals surface area (Å²) in [6.07, 6.45) is 21.0. The summed E-state index contributed by atoms with van der Waals surface area (Å²) >= 11 is 0. The topological polar surface area (TPSA) is 0 Å². The van der Waals surface area contributed by atoms with Gasteiger partial charge in [0.15, 0.2) is 11.6 Å². The molecule has 0 saturated heterocycles. The Morgan fingerprint density at radius 2 is 1.30 bits per heavy atom.